The minimum absolute atomic E-state index is 0.0674. The van der Waals surface area contributed by atoms with Gasteiger partial charge >= 0.3 is 6.18 Å². The molecule has 2 saturated heterocycles. The number of halogens is 5. The second kappa shape index (κ2) is 12.3. The number of rotatable bonds is 6. The standard InChI is InChI=1S/C29H24Cl2F3N7O4S/c1-14-36-38-26(41(14)19-10-16(30)8-9-17(19)29(32,33)34)25-24(42-2)22(40-11-18(37-39-40)27-35-21(31)13-46-27)23-20(44-25)12-43-28(45-23)15-6-4-3-5-7-15/h3-11,13,20,22-25,28H,12H2,1-2H3/t20?,22-,23-,24?,25+,28?/m0/s1. The maximum absolute atomic E-state index is 14.2. The van der Waals surface area contributed by atoms with E-state index >= 15 is 0 Å². The van der Waals surface area contributed by atoms with Crippen LogP contribution in [0.5, 0.6) is 0 Å². The number of hydrogen-bond acceptors (Lipinski definition) is 10. The summed E-state index contributed by atoms with van der Waals surface area (Å²) < 4.78 is 70.8. The molecule has 5 aromatic rings. The van der Waals surface area contributed by atoms with Gasteiger partial charge in [0.05, 0.1) is 24.1 Å². The minimum Gasteiger partial charge on any atom is -0.376 e. The van der Waals surface area contributed by atoms with Gasteiger partial charge in [0, 0.05) is 23.1 Å². The highest BCUT2D eigenvalue weighted by molar-refractivity contribution is 7.13. The number of alkyl halides is 3. The molecule has 6 atom stereocenters. The Kier molecular flexibility index (Phi) is 8.33. The van der Waals surface area contributed by atoms with E-state index in [4.69, 9.17) is 42.1 Å². The quantitative estimate of drug-likeness (QED) is 0.199. The lowest BCUT2D eigenvalue weighted by atomic mass is 9.90. The maximum Gasteiger partial charge on any atom is 0.418 e. The van der Waals surface area contributed by atoms with Gasteiger partial charge in [-0.1, -0.05) is 58.7 Å². The second-order valence-corrected chi connectivity index (χ2v) is 12.3. The summed E-state index contributed by atoms with van der Waals surface area (Å²) in [6, 6.07) is 12.0. The Bertz CT molecular complexity index is 1850. The summed E-state index contributed by atoms with van der Waals surface area (Å²) in [5, 5.41) is 19.8. The van der Waals surface area contributed by atoms with Gasteiger partial charge in [-0.3, -0.25) is 4.57 Å². The first-order valence-corrected chi connectivity index (χ1v) is 15.6. The molecule has 11 nitrogen and oxygen atoms in total. The average Bonchev–Trinajstić information content (AvgIpc) is 3.79. The van der Waals surface area contributed by atoms with Crippen molar-refractivity contribution in [1.82, 2.24) is 34.7 Å². The number of fused-ring (bicyclic) bond motifs is 1. The Morgan fingerprint density at radius 1 is 1.04 bits per heavy atom. The number of methoxy groups -OCH3 is 1. The molecule has 7 rings (SSSR count). The van der Waals surface area contributed by atoms with E-state index in [9.17, 15) is 13.2 Å². The normalized spacial score (nSPS) is 25.0. The molecule has 0 spiro atoms. The van der Waals surface area contributed by atoms with Gasteiger partial charge in [-0.2, -0.15) is 13.2 Å². The van der Waals surface area contributed by atoms with Gasteiger partial charge in [0.2, 0.25) is 0 Å². The molecule has 3 aromatic heterocycles. The largest absolute Gasteiger partial charge is 0.418 e. The van der Waals surface area contributed by atoms with Gasteiger partial charge in [0.15, 0.2) is 12.1 Å². The molecular weight excluding hydrogens is 670 g/mol. The minimum atomic E-state index is -4.69. The highest BCUT2D eigenvalue weighted by Gasteiger charge is 2.53. The van der Waals surface area contributed by atoms with Crippen LogP contribution in [0.1, 0.15) is 41.2 Å². The lowest BCUT2D eigenvalue weighted by Crippen LogP contribution is -2.57. The molecule has 2 aliphatic rings. The van der Waals surface area contributed by atoms with Gasteiger partial charge in [-0.25, -0.2) is 9.67 Å². The summed E-state index contributed by atoms with van der Waals surface area (Å²) in [5.41, 5.74) is 0.0891. The molecule has 0 amide bonds. The van der Waals surface area contributed by atoms with Crippen LogP contribution in [0.15, 0.2) is 60.1 Å². The Morgan fingerprint density at radius 3 is 2.57 bits per heavy atom. The van der Waals surface area contributed by atoms with E-state index in [0.717, 1.165) is 11.6 Å². The van der Waals surface area contributed by atoms with Crippen LogP contribution in [0.25, 0.3) is 16.4 Å². The first kappa shape index (κ1) is 31.2. The Hall–Kier alpha value is -3.44. The van der Waals surface area contributed by atoms with Crippen LogP contribution >= 0.6 is 34.5 Å². The van der Waals surface area contributed by atoms with E-state index < -0.39 is 48.5 Å². The van der Waals surface area contributed by atoms with Crippen LogP contribution in [-0.4, -0.2) is 66.8 Å². The molecule has 240 valence electrons. The maximum atomic E-state index is 14.2. The van der Waals surface area contributed by atoms with E-state index in [2.05, 4.69) is 25.5 Å². The summed E-state index contributed by atoms with van der Waals surface area (Å²) >= 11 is 13.6. The lowest BCUT2D eigenvalue weighted by Gasteiger charge is -2.48. The molecule has 2 aromatic carbocycles. The molecule has 17 heteroatoms. The summed E-state index contributed by atoms with van der Waals surface area (Å²) in [6.07, 6.45) is -7.09. The smallest absolute Gasteiger partial charge is 0.376 e. The molecule has 2 fully saturated rings. The molecule has 46 heavy (non-hydrogen) atoms. The lowest BCUT2D eigenvalue weighted by molar-refractivity contribution is -0.321. The molecule has 2 aliphatic heterocycles. The summed E-state index contributed by atoms with van der Waals surface area (Å²) in [4.78, 5) is 4.29. The van der Waals surface area contributed by atoms with Crippen LogP contribution in [-0.2, 0) is 25.1 Å². The van der Waals surface area contributed by atoms with E-state index in [-0.39, 0.29) is 29.0 Å². The van der Waals surface area contributed by atoms with Crippen LogP contribution in [0.3, 0.4) is 0 Å². The summed E-state index contributed by atoms with van der Waals surface area (Å²) in [7, 11) is 1.47. The first-order chi connectivity index (χ1) is 22.1. The third-order valence-electron chi connectivity index (χ3n) is 7.82. The summed E-state index contributed by atoms with van der Waals surface area (Å²) in [6.45, 7) is 1.64. The molecule has 0 saturated carbocycles. The molecule has 3 unspecified atom stereocenters. The number of thiazole rings is 1. The van der Waals surface area contributed by atoms with Crippen LogP contribution in [0.2, 0.25) is 10.2 Å². The number of aromatic nitrogens is 7. The topological polar surface area (TPSA) is 111 Å². The third kappa shape index (κ3) is 5.70. The van der Waals surface area contributed by atoms with Crippen molar-refractivity contribution in [3.05, 3.63) is 93.1 Å². The predicted molar refractivity (Wildman–Crippen MR) is 160 cm³/mol. The highest BCUT2D eigenvalue weighted by Crippen LogP contribution is 2.46. The van der Waals surface area contributed by atoms with Crippen molar-refractivity contribution in [1.29, 1.82) is 0 Å². The predicted octanol–water partition coefficient (Wildman–Crippen LogP) is 6.43. The molecule has 0 radical (unpaired) electrons. The van der Waals surface area contributed by atoms with Gasteiger partial charge in [-0.05, 0) is 25.1 Å². The Balaban J connectivity index is 1.34. The molecular formula is C29H24Cl2F3N7O4S. The number of ether oxygens (including phenoxy) is 4. The zero-order chi connectivity index (χ0) is 32.2. The monoisotopic (exact) mass is 693 g/mol. The van der Waals surface area contributed by atoms with Crippen molar-refractivity contribution in [3.63, 3.8) is 0 Å². The van der Waals surface area contributed by atoms with Crippen LogP contribution < -0.4 is 0 Å². The van der Waals surface area contributed by atoms with Crippen LogP contribution in [0, 0.1) is 6.92 Å². The van der Waals surface area contributed by atoms with E-state index in [0.29, 0.717) is 15.9 Å². The van der Waals surface area contributed by atoms with Gasteiger partial charge in [-0.15, -0.1) is 26.6 Å². The fourth-order valence-corrected chi connectivity index (χ4v) is 6.90. The molecule has 0 N–H and O–H groups in total. The average molecular weight is 695 g/mol. The second-order valence-electron chi connectivity index (χ2n) is 10.6. The fraction of sp³-hybridized carbons (Fsp3) is 0.345. The Morgan fingerprint density at radius 2 is 1.85 bits per heavy atom. The van der Waals surface area contributed by atoms with Crippen molar-refractivity contribution in [2.45, 2.75) is 49.8 Å². The summed E-state index contributed by atoms with van der Waals surface area (Å²) in [5.74, 6) is 0.252. The van der Waals surface area contributed by atoms with Crippen molar-refractivity contribution >= 4 is 34.5 Å². The molecule has 0 bridgehead atoms. The van der Waals surface area contributed by atoms with Crippen molar-refractivity contribution in [2.24, 2.45) is 0 Å². The van der Waals surface area contributed by atoms with Gasteiger partial charge in [0.1, 0.15) is 52.1 Å². The Labute approximate surface area is 273 Å². The van der Waals surface area contributed by atoms with Gasteiger partial charge < -0.3 is 18.9 Å². The van der Waals surface area contributed by atoms with Crippen LogP contribution in [0.4, 0.5) is 13.2 Å². The van der Waals surface area contributed by atoms with E-state index in [1.54, 1.807) is 23.2 Å². The third-order valence-corrected chi connectivity index (χ3v) is 9.24. The van der Waals surface area contributed by atoms with Crippen molar-refractivity contribution in [3.8, 4) is 16.4 Å². The van der Waals surface area contributed by atoms with Crippen molar-refractivity contribution < 1.29 is 32.1 Å². The first-order valence-electron chi connectivity index (χ1n) is 13.9. The molecule has 0 aliphatic carbocycles. The SMILES string of the molecule is COC1[C@@H](n2cc(-c3nc(Cl)cs3)nn2)[C@H]2OC(c3ccccc3)OCC2O[C@H]1c1nnc(C)n1-c1cc(Cl)ccc1C(F)(F)F. The van der Waals surface area contributed by atoms with E-state index in [1.165, 1.54) is 35.1 Å². The highest BCUT2D eigenvalue weighted by atomic mass is 35.5. The zero-order valence-electron chi connectivity index (χ0n) is 24.0. The number of hydrogen-bond donors (Lipinski definition) is 0. The van der Waals surface area contributed by atoms with Gasteiger partial charge in [0.25, 0.3) is 0 Å². The fourth-order valence-electron chi connectivity index (χ4n) is 5.83. The van der Waals surface area contributed by atoms with E-state index in [1.807, 2.05) is 30.3 Å². The number of nitrogens with zero attached hydrogens (tertiary/aromatic N) is 7. The zero-order valence-corrected chi connectivity index (χ0v) is 26.3. The van der Waals surface area contributed by atoms with Crippen molar-refractivity contribution in [2.75, 3.05) is 13.7 Å². The number of benzene rings is 2. The number of aryl methyl sites for hydroxylation is 1. The molecule has 5 heterocycles.